The van der Waals surface area contributed by atoms with Crippen molar-refractivity contribution in [3.63, 3.8) is 0 Å². The van der Waals surface area contributed by atoms with E-state index in [9.17, 15) is 23.1 Å². The maximum Gasteiger partial charge on any atom is 0.420 e. The van der Waals surface area contributed by atoms with Crippen LogP contribution in [0.3, 0.4) is 0 Å². The van der Waals surface area contributed by atoms with Crippen LogP contribution in [-0.2, 0) is 17.5 Å². The van der Waals surface area contributed by atoms with Crippen LogP contribution in [-0.4, -0.2) is 23.2 Å². The molecular weight excluding hydrogens is 431 g/mol. The van der Waals surface area contributed by atoms with E-state index in [1.165, 1.54) is 6.07 Å². The van der Waals surface area contributed by atoms with Crippen LogP contribution in [0.15, 0.2) is 30.3 Å². The van der Waals surface area contributed by atoms with Gasteiger partial charge in [0.1, 0.15) is 11.3 Å². The van der Waals surface area contributed by atoms with Crippen molar-refractivity contribution in [1.82, 2.24) is 5.32 Å². The van der Waals surface area contributed by atoms with Crippen LogP contribution in [0.5, 0.6) is 5.75 Å². The van der Waals surface area contributed by atoms with Crippen molar-refractivity contribution in [3.05, 3.63) is 41.5 Å². The zero-order chi connectivity index (χ0) is 24.0. The van der Waals surface area contributed by atoms with Crippen molar-refractivity contribution in [2.45, 2.75) is 77.7 Å². The minimum absolute atomic E-state index is 0.000237. The number of rotatable bonds is 6. The predicted octanol–water partition coefficient (Wildman–Crippen LogP) is 6.41. The third kappa shape index (κ3) is 4.84. The molecule has 0 heterocycles. The summed E-state index contributed by atoms with van der Waals surface area (Å²) in [6.45, 7) is 6.35. The van der Waals surface area contributed by atoms with Crippen LogP contribution in [0, 0.1) is 17.3 Å². The second kappa shape index (κ2) is 8.82. The third-order valence-electron chi connectivity index (χ3n) is 7.71. The van der Waals surface area contributed by atoms with E-state index >= 15 is 0 Å². The summed E-state index contributed by atoms with van der Waals surface area (Å²) < 4.78 is 48.4. The number of fused-ring (bicyclic) bond motifs is 1. The molecule has 4 rings (SSSR count). The van der Waals surface area contributed by atoms with Crippen LogP contribution in [0.2, 0.25) is 0 Å². The fourth-order valence-corrected chi connectivity index (χ4v) is 5.31. The number of hydrogen-bond acceptors (Lipinski definition) is 3. The molecule has 0 bridgehead atoms. The number of benzene rings is 2. The van der Waals surface area contributed by atoms with E-state index in [0.717, 1.165) is 31.2 Å². The van der Waals surface area contributed by atoms with Crippen molar-refractivity contribution in [2.24, 2.45) is 17.3 Å². The highest BCUT2D eigenvalue weighted by molar-refractivity contribution is 5.89. The molecule has 0 saturated heterocycles. The fourth-order valence-electron chi connectivity index (χ4n) is 5.31. The van der Waals surface area contributed by atoms with Crippen LogP contribution < -0.4 is 10.1 Å². The third-order valence-corrected chi connectivity index (χ3v) is 7.71. The number of ether oxygens (including phenoxy) is 1. The van der Waals surface area contributed by atoms with Crippen molar-refractivity contribution < 1.29 is 27.8 Å². The summed E-state index contributed by atoms with van der Waals surface area (Å²) in [5, 5.41) is 13.3. The molecule has 0 spiro atoms. The molecule has 2 aliphatic rings. The number of carboxylic acid groups (broad SMARTS) is 1. The Kier molecular flexibility index (Phi) is 6.38. The second-order valence-corrected chi connectivity index (χ2v) is 10.4. The molecule has 33 heavy (non-hydrogen) atoms. The van der Waals surface area contributed by atoms with Crippen molar-refractivity contribution in [3.8, 4) is 5.75 Å². The van der Waals surface area contributed by atoms with E-state index in [2.05, 4.69) is 12.2 Å². The van der Waals surface area contributed by atoms with Crippen molar-refractivity contribution in [1.29, 1.82) is 0 Å². The van der Waals surface area contributed by atoms with E-state index in [4.69, 9.17) is 4.74 Å². The van der Waals surface area contributed by atoms with Crippen molar-refractivity contribution in [2.75, 3.05) is 0 Å². The lowest BCUT2D eigenvalue weighted by molar-refractivity contribution is -0.155. The molecule has 0 aromatic heterocycles. The highest BCUT2D eigenvalue weighted by Crippen LogP contribution is 2.47. The lowest BCUT2D eigenvalue weighted by atomic mass is 9.58. The first-order chi connectivity index (χ1) is 15.5. The van der Waals surface area contributed by atoms with E-state index in [1.807, 2.05) is 19.9 Å². The summed E-state index contributed by atoms with van der Waals surface area (Å²) in [4.78, 5) is 11.3. The van der Waals surface area contributed by atoms with Gasteiger partial charge in [0.2, 0.25) is 0 Å². The quantitative estimate of drug-likeness (QED) is 0.520. The number of nitrogens with one attached hydrogen (secondary N) is 1. The Morgan fingerprint density at radius 1 is 1.15 bits per heavy atom. The minimum Gasteiger partial charge on any atom is -0.490 e. The molecule has 2 aromatic rings. The van der Waals surface area contributed by atoms with Gasteiger partial charge in [0.25, 0.3) is 0 Å². The Balaban J connectivity index is 1.57. The van der Waals surface area contributed by atoms with E-state index in [0.29, 0.717) is 24.3 Å². The monoisotopic (exact) mass is 463 g/mol. The summed E-state index contributed by atoms with van der Waals surface area (Å²) in [6, 6.07) is 8.25. The lowest BCUT2D eigenvalue weighted by Gasteiger charge is -2.50. The minimum atomic E-state index is -4.53. The molecule has 7 heteroatoms. The number of halogens is 3. The number of carboxylic acids is 1. The molecule has 2 aromatic carbocycles. The molecule has 2 fully saturated rings. The Bertz CT molecular complexity index is 1030. The van der Waals surface area contributed by atoms with Crippen LogP contribution in [0.1, 0.15) is 64.0 Å². The molecule has 0 radical (unpaired) electrons. The highest BCUT2D eigenvalue weighted by atomic mass is 19.4. The number of carbonyl (C=O) groups is 1. The van der Waals surface area contributed by atoms with Gasteiger partial charge in [-0.05, 0) is 71.9 Å². The normalized spacial score (nSPS) is 27.2. The number of hydrogen-bond donors (Lipinski definition) is 2. The van der Waals surface area contributed by atoms with Gasteiger partial charge in [0.15, 0.2) is 0 Å². The SMILES string of the molecule is CC1CCC(Oc2ccc3ccc(CN[C@H]4C[C@@H](C(=O)O)C4(C)C)cc3c2C(F)(F)F)CC1. The smallest absolute Gasteiger partial charge is 0.420 e. The zero-order valence-corrected chi connectivity index (χ0v) is 19.3. The highest BCUT2D eigenvalue weighted by Gasteiger charge is 2.51. The number of aliphatic carboxylic acids is 1. The Morgan fingerprint density at radius 2 is 1.82 bits per heavy atom. The summed E-state index contributed by atoms with van der Waals surface area (Å²) in [5.41, 5.74) is -0.389. The average Bonchev–Trinajstić information content (AvgIpc) is 2.73. The van der Waals surface area contributed by atoms with Crippen LogP contribution in [0.25, 0.3) is 10.8 Å². The molecular formula is C26H32F3NO3. The van der Waals surface area contributed by atoms with Gasteiger partial charge in [-0.25, -0.2) is 0 Å². The average molecular weight is 464 g/mol. The van der Waals surface area contributed by atoms with Crippen LogP contribution >= 0.6 is 0 Å². The topological polar surface area (TPSA) is 58.6 Å². The second-order valence-electron chi connectivity index (χ2n) is 10.4. The van der Waals surface area contributed by atoms with Gasteiger partial charge in [0.05, 0.1) is 12.0 Å². The summed E-state index contributed by atoms with van der Waals surface area (Å²) >= 11 is 0. The van der Waals surface area contributed by atoms with Gasteiger partial charge < -0.3 is 15.2 Å². The van der Waals surface area contributed by atoms with Gasteiger partial charge in [0, 0.05) is 12.6 Å². The standard InChI is InChI=1S/C26H32F3NO3/c1-15-4-9-18(10-5-15)33-21-11-8-17-7-6-16(12-19(17)23(21)26(27,28)29)14-30-22-13-20(24(31)32)25(22,2)3/h6-8,11-12,15,18,20,22,30H,4-5,9-10,13-14H2,1-3H3,(H,31,32)/t15?,18?,20-,22-/m0/s1. The lowest BCUT2D eigenvalue weighted by Crippen LogP contribution is -2.58. The Labute approximate surface area is 192 Å². The molecule has 4 nitrogen and oxygen atoms in total. The van der Waals surface area contributed by atoms with E-state index in [1.54, 1.807) is 18.2 Å². The number of alkyl halides is 3. The summed E-state index contributed by atoms with van der Waals surface area (Å²) in [6.07, 6.45) is -0.725. The van der Waals surface area contributed by atoms with Crippen LogP contribution in [0.4, 0.5) is 13.2 Å². The summed E-state index contributed by atoms with van der Waals surface area (Å²) in [7, 11) is 0. The predicted molar refractivity (Wildman–Crippen MR) is 121 cm³/mol. The van der Waals surface area contributed by atoms with Gasteiger partial charge >= 0.3 is 12.1 Å². The van der Waals surface area contributed by atoms with Gasteiger partial charge in [-0.15, -0.1) is 0 Å². The van der Waals surface area contributed by atoms with Crippen molar-refractivity contribution >= 4 is 16.7 Å². The molecule has 2 saturated carbocycles. The zero-order valence-electron chi connectivity index (χ0n) is 19.3. The molecule has 2 N–H and O–H groups in total. The Morgan fingerprint density at radius 3 is 2.42 bits per heavy atom. The fraction of sp³-hybridized carbons (Fsp3) is 0.577. The molecule has 0 unspecified atom stereocenters. The largest absolute Gasteiger partial charge is 0.490 e. The first kappa shape index (κ1) is 23.9. The Hall–Kier alpha value is -2.28. The first-order valence-electron chi connectivity index (χ1n) is 11.7. The first-order valence-corrected chi connectivity index (χ1v) is 11.7. The molecule has 0 aliphatic heterocycles. The van der Waals surface area contributed by atoms with Gasteiger partial charge in [-0.1, -0.05) is 39.0 Å². The van der Waals surface area contributed by atoms with Gasteiger partial charge in [-0.2, -0.15) is 13.2 Å². The van der Waals surface area contributed by atoms with Gasteiger partial charge in [-0.3, -0.25) is 4.79 Å². The maximum atomic E-state index is 14.2. The summed E-state index contributed by atoms with van der Waals surface area (Å²) in [5.74, 6) is -0.724. The maximum absolute atomic E-state index is 14.2. The molecule has 2 atom stereocenters. The van der Waals surface area contributed by atoms with E-state index < -0.39 is 29.0 Å². The molecule has 180 valence electrons. The van der Waals surface area contributed by atoms with E-state index in [-0.39, 0.29) is 23.3 Å². The molecule has 0 amide bonds. The molecule has 2 aliphatic carbocycles.